The minimum absolute atomic E-state index is 0.236. The van der Waals surface area contributed by atoms with E-state index in [0.717, 1.165) is 13.0 Å². The molecule has 0 bridgehead atoms. The molecule has 4 nitrogen and oxygen atoms in total. The summed E-state index contributed by atoms with van der Waals surface area (Å²) in [6.07, 6.45) is 4.82. The topological polar surface area (TPSA) is 50.1 Å². The van der Waals surface area contributed by atoms with Gasteiger partial charge in [-0.05, 0) is 32.3 Å². The number of aliphatic hydroxyl groups is 1. The fraction of sp³-hybridized carbons (Fsp3) is 0.750. The zero-order valence-electron chi connectivity index (χ0n) is 10.4. The number of aromatic nitrogens is 2. The number of nitrogens with one attached hydrogen (secondary N) is 1. The Morgan fingerprint density at radius 3 is 2.69 bits per heavy atom. The summed E-state index contributed by atoms with van der Waals surface area (Å²) in [4.78, 5) is 0. The van der Waals surface area contributed by atoms with Gasteiger partial charge in [0.2, 0.25) is 0 Å². The van der Waals surface area contributed by atoms with Crippen molar-refractivity contribution in [2.45, 2.75) is 45.8 Å². The van der Waals surface area contributed by atoms with Gasteiger partial charge in [-0.3, -0.25) is 4.68 Å². The summed E-state index contributed by atoms with van der Waals surface area (Å²) >= 11 is 0. The van der Waals surface area contributed by atoms with Crippen molar-refractivity contribution in [3.8, 4) is 0 Å². The molecule has 0 spiro atoms. The summed E-state index contributed by atoms with van der Waals surface area (Å²) in [7, 11) is 0. The maximum atomic E-state index is 9.04. The number of nitrogens with zero attached hydrogens (tertiary/aromatic N) is 2. The second kappa shape index (κ2) is 6.66. The summed E-state index contributed by atoms with van der Waals surface area (Å²) in [6, 6.07) is 2.72. The van der Waals surface area contributed by atoms with Crippen LogP contribution in [0.25, 0.3) is 0 Å². The molecule has 3 unspecified atom stereocenters. The first-order valence-corrected chi connectivity index (χ1v) is 5.97. The fourth-order valence-electron chi connectivity index (χ4n) is 1.61. The highest BCUT2D eigenvalue weighted by Crippen LogP contribution is 2.04. The maximum Gasteiger partial charge on any atom is 0.0489 e. The van der Waals surface area contributed by atoms with E-state index < -0.39 is 0 Å². The molecule has 0 aliphatic carbocycles. The molecular formula is C12H23N3O. The van der Waals surface area contributed by atoms with Gasteiger partial charge in [-0.25, -0.2) is 0 Å². The Balaban J connectivity index is 2.22. The second-order valence-electron chi connectivity index (χ2n) is 4.57. The van der Waals surface area contributed by atoms with Crippen LogP contribution in [-0.4, -0.2) is 33.6 Å². The number of aliphatic hydroxyl groups excluding tert-OH is 1. The van der Waals surface area contributed by atoms with Crippen molar-refractivity contribution in [1.29, 1.82) is 0 Å². The molecule has 3 atom stereocenters. The van der Waals surface area contributed by atoms with Gasteiger partial charge in [0.15, 0.2) is 0 Å². The SMILES string of the molecule is CC(CCn1cccn1)NC(C)C(C)CO. The molecule has 0 saturated carbocycles. The summed E-state index contributed by atoms with van der Waals surface area (Å²) in [5.74, 6) is 0.298. The van der Waals surface area contributed by atoms with Crippen LogP contribution in [0.4, 0.5) is 0 Å². The highest BCUT2D eigenvalue weighted by Gasteiger charge is 2.13. The van der Waals surface area contributed by atoms with E-state index in [4.69, 9.17) is 5.11 Å². The van der Waals surface area contributed by atoms with Crippen molar-refractivity contribution in [2.75, 3.05) is 6.61 Å². The Morgan fingerprint density at radius 1 is 1.38 bits per heavy atom. The zero-order valence-corrected chi connectivity index (χ0v) is 10.4. The van der Waals surface area contributed by atoms with Crippen molar-refractivity contribution in [3.05, 3.63) is 18.5 Å². The van der Waals surface area contributed by atoms with E-state index >= 15 is 0 Å². The number of hydrogen-bond acceptors (Lipinski definition) is 3. The highest BCUT2D eigenvalue weighted by atomic mass is 16.3. The lowest BCUT2D eigenvalue weighted by molar-refractivity contribution is 0.200. The predicted molar refractivity (Wildman–Crippen MR) is 65.2 cm³/mol. The molecule has 4 heteroatoms. The van der Waals surface area contributed by atoms with Crippen LogP contribution >= 0.6 is 0 Å². The third-order valence-corrected chi connectivity index (χ3v) is 3.04. The Labute approximate surface area is 97.7 Å². The molecule has 1 aromatic rings. The van der Waals surface area contributed by atoms with Gasteiger partial charge in [0.25, 0.3) is 0 Å². The summed E-state index contributed by atoms with van der Waals surface area (Å²) in [6.45, 7) is 7.51. The Hall–Kier alpha value is -0.870. The maximum absolute atomic E-state index is 9.04. The molecule has 16 heavy (non-hydrogen) atoms. The largest absolute Gasteiger partial charge is 0.396 e. The summed E-state index contributed by atoms with van der Waals surface area (Å²) < 4.78 is 1.94. The van der Waals surface area contributed by atoms with Gasteiger partial charge in [-0.15, -0.1) is 0 Å². The predicted octanol–water partition coefficient (Wildman–Crippen LogP) is 1.27. The van der Waals surface area contributed by atoms with Crippen LogP contribution in [0, 0.1) is 5.92 Å². The lowest BCUT2D eigenvalue weighted by Gasteiger charge is -2.24. The first kappa shape index (κ1) is 13.2. The van der Waals surface area contributed by atoms with Crippen LogP contribution in [0.1, 0.15) is 27.2 Å². The fourth-order valence-corrected chi connectivity index (χ4v) is 1.61. The van der Waals surface area contributed by atoms with E-state index in [1.165, 1.54) is 0 Å². The lowest BCUT2D eigenvalue weighted by atomic mass is 10.0. The quantitative estimate of drug-likeness (QED) is 0.734. The third kappa shape index (κ3) is 4.33. The number of aryl methyl sites for hydroxylation is 1. The molecule has 0 radical (unpaired) electrons. The van der Waals surface area contributed by atoms with Crippen LogP contribution in [0.2, 0.25) is 0 Å². The molecular weight excluding hydrogens is 202 g/mol. The Bertz CT molecular complexity index is 274. The van der Waals surface area contributed by atoms with Gasteiger partial charge in [0, 0.05) is 37.6 Å². The molecule has 0 aliphatic rings. The third-order valence-electron chi connectivity index (χ3n) is 3.04. The van der Waals surface area contributed by atoms with E-state index in [0.29, 0.717) is 18.0 Å². The van der Waals surface area contributed by atoms with Crippen molar-refractivity contribution >= 4 is 0 Å². The highest BCUT2D eigenvalue weighted by molar-refractivity contribution is 4.78. The molecule has 1 heterocycles. The van der Waals surface area contributed by atoms with Crippen molar-refractivity contribution in [3.63, 3.8) is 0 Å². The van der Waals surface area contributed by atoms with Gasteiger partial charge in [0.05, 0.1) is 0 Å². The number of rotatable bonds is 7. The van der Waals surface area contributed by atoms with E-state index in [2.05, 4.69) is 31.2 Å². The average Bonchev–Trinajstić information content (AvgIpc) is 2.78. The smallest absolute Gasteiger partial charge is 0.0489 e. The molecule has 0 fully saturated rings. The van der Waals surface area contributed by atoms with Crippen LogP contribution in [0.15, 0.2) is 18.5 Å². The molecule has 0 saturated heterocycles. The van der Waals surface area contributed by atoms with Gasteiger partial charge in [-0.1, -0.05) is 6.92 Å². The molecule has 0 aliphatic heterocycles. The van der Waals surface area contributed by atoms with E-state index in [1.54, 1.807) is 6.20 Å². The Morgan fingerprint density at radius 2 is 2.12 bits per heavy atom. The van der Waals surface area contributed by atoms with Crippen molar-refractivity contribution in [1.82, 2.24) is 15.1 Å². The summed E-state index contributed by atoms with van der Waals surface area (Å²) in [5, 5.41) is 16.7. The zero-order chi connectivity index (χ0) is 12.0. The molecule has 0 amide bonds. The molecule has 1 rings (SSSR count). The average molecular weight is 225 g/mol. The first-order chi connectivity index (χ1) is 7.63. The molecule has 2 N–H and O–H groups in total. The molecule has 92 valence electrons. The van der Waals surface area contributed by atoms with Crippen LogP contribution < -0.4 is 5.32 Å². The lowest BCUT2D eigenvalue weighted by Crippen LogP contribution is -2.40. The second-order valence-corrected chi connectivity index (χ2v) is 4.57. The van der Waals surface area contributed by atoms with Crippen LogP contribution in [-0.2, 0) is 6.54 Å². The van der Waals surface area contributed by atoms with Crippen LogP contribution in [0.5, 0.6) is 0 Å². The number of hydrogen-bond donors (Lipinski definition) is 2. The van der Waals surface area contributed by atoms with Gasteiger partial charge >= 0.3 is 0 Å². The minimum atomic E-state index is 0.236. The standard InChI is InChI=1S/C12H23N3O/c1-10(9-16)12(3)14-11(2)5-8-15-7-4-6-13-15/h4,6-7,10-12,14,16H,5,8-9H2,1-3H3. The van der Waals surface area contributed by atoms with Gasteiger partial charge in [-0.2, -0.15) is 5.10 Å². The molecule has 1 aromatic heterocycles. The monoisotopic (exact) mass is 225 g/mol. The van der Waals surface area contributed by atoms with E-state index in [9.17, 15) is 0 Å². The Kier molecular flexibility index (Phi) is 5.49. The summed E-state index contributed by atoms with van der Waals surface area (Å²) in [5.41, 5.74) is 0. The van der Waals surface area contributed by atoms with Gasteiger partial charge in [0.1, 0.15) is 0 Å². The minimum Gasteiger partial charge on any atom is -0.396 e. The first-order valence-electron chi connectivity index (χ1n) is 5.97. The normalized spacial score (nSPS) is 17.0. The van der Waals surface area contributed by atoms with E-state index in [1.807, 2.05) is 16.9 Å². The van der Waals surface area contributed by atoms with Crippen molar-refractivity contribution < 1.29 is 5.11 Å². The van der Waals surface area contributed by atoms with Crippen molar-refractivity contribution in [2.24, 2.45) is 5.92 Å². The van der Waals surface area contributed by atoms with Crippen LogP contribution in [0.3, 0.4) is 0 Å². The van der Waals surface area contributed by atoms with E-state index in [-0.39, 0.29) is 6.61 Å². The van der Waals surface area contributed by atoms with Gasteiger partial charge < -0.3 is 10.4 Å². The molecule has 0 aromatic carbocycles.